The van der Waals surface area contributed by atoms with E-state index in [2.05, 4.69) is 36.3 Å². The third kappa shape index (κ3) is 2.54. The van der Waals surface area contributed by atoms with Crippen molar-refractivity contribution in [3.63, 3.8) is 0 Å². The topological polar surface area (TPSA) is 63.1 Å². The maximum Gasteiger partial charge on any atom is 0.322 e. The number of aryl methyl sites for hydroxylation is 1. The van der Waals surface area contributed by atoms with Gasteiger partial charge in [-0.1, -0.05) is 26.8 Å². The summed E-state index contributed by atoms with van der Waals surface area (Å²) in [4.78, 5) is 16.5. The first-order valence-corrected chi connectivity index (χ1v) is 8.62. The second kappa shape index (κ2) is 4.94. The monoisotopic (exact) mass is 327 g/mol. The fraction of sp³-hybridized carbons (Fsp3) is 0.611. The number of rotatable bonds is 1. The minimum Gasteiger partial charge on any atom is -0.321 e. The van der Waals surface area contributed by atoms with Crippen LogP contribution < -0.4 is 5.32 Å². The van der Waals surface area contributed by atoms with Crippen LogP contribution in [0.2, 0.25) is 0 Å². The van der Waals surface area contributed by atoms with Gasteiger partial charge in [0.05, 0.1) is 5.69 Å². The fourth-order valence-corrected chi connectivity index (χ4v) is 5.03. The summed E-state index contributed by atoms with van der Waals surface area (Å²) in [6, 6.07) is 6.02. The van der Waals surface area contributed by atoms with Crippen molar-refractivity contribution < 1.29 is 4.79 Å². The van der Waals surface area contributed by atoms with Gasteiger partial charge in [-0.25, -0.2) is 4.79 Å². The molecule has 1 saturated heterocycles. The molecule has 1 aromatic carbocycles. The Hall–Kier alpha value is -2.11. The molecule has 128 valence electrons. The van der Waals surface area contributed by atoms with E-state index in [1.807, 2.05) is 23.1 Å². The van der Waals surface area contributed by atoms with E-state index in [-0.39, 0.29) is 11.4 Å². The van der Waals surface area contributed by atoms with E-state index in [0.717, 1.165) is 36.1 Å². The van der Waals surface area contributed by atoms with Crippen LogP contribution in [0, 0.1) is 10.8 Å². The summed E-state index contributed by atoms with van der Waals surface area (Å²) in [6.45, 7) is 7.79. The van der Waals surface area contributed by atoms with Gasteiger partial charge in [0.15, 0.2) is 0 Å². The van der Waals surface area contributed by atoms with Crippen LogP contribution in [-0.2, 0) is 7.05 Å². The van der Waals surface area contributed by atoms with Gasteiger partial charge in [-0.05, 0) is 42.2 Å². The van der Waals surface area contributed by atoms with Gasteiger partial charge < -0.3 is 10.2 Å². The number of hydrogen-bond acceptors (Lipinski definition) is 3. The number of carbonyl (C=O) groups is 1. The van der Waals surface area contributed by atoms with Gasteiger partial charge in [-0.2, -0.15) is 15.0 Å². The van der Waals surface area contributed by atoms with Crippen molar-refractivity contribution in [3.05, 3.63) is 18.2 Å². The van der Waals surface area contributed by atoms with Gasteiger partial charge in [-0.15, -0.1) is 0 Å². The molecular weight excluding hydrogens is 302 g/mol. The normalized spacial score (nSPS) is 28.3. The number of aromatic nitrogens is 3. The van der Waals surface area contributed by atoms with E-state index in [1.165, 1.54) is 11.2 Å². The average molecular weight is 327 g/mol. The van der Waals surface area contributed by atoms with Crippen molar-refractivity contribution in [3.8, 4) is 0 Å². The van der Waals surface area contributed by atoms with E-state index in [4.69, 9.17) is 0 Å². The van der Waals surface area contributed by atoms with Crippen molar-refractivity contribution in [1.29, 1.82) is 0 Å². The molecule has 1 aliphatic heterocycles. The number of amides is 2. The Labute approximate surface area is 142 Å². The average Bonchev–Trinajstić information content (AvgIpc) is 2.95. The molecule has 0 spiro atoms. The molecule has 6 nitrogen and oxygen atoms in total. The molecule has 2 fully saturated rings. The minimum absolute atomic E-state index is 0.0143. The minimum atomic E-state index is -0.0143. The highest BCUT2D eigenvalue weighted by atomic mass is 16.2. The van der Waals surface area contributed by atoms with E-state index in [9.17, 15) is 4.79 Å². The Bertz CT molecular complexity index is 811. The third-order valence-corrected chi connectivity index (χ3v) is 5.43. The number of carbonyl (C=O) groups excluding carboxylic acids is 1. The Morgan fingerprint density at radius 3 is 2.83 bits per heavy atom. The van der Waals surface area contributed by atoms with Crippen molar-refractivity contribution in [2.45, 2.75) is 46.1 Å². The molecule has 1 aliphatic carbocycles. The van der Waals surface area contributed by atoms with E-state index in [0.29, 0.717) is 11.5 Å². The summed E-state index contributed by atoms with van der Waals surface area (Å²) in [5.41, 5.74) is 2.81. The van der Waals surface area contributed by atoms with Gasteiger partial charge in [0.2, 0.25) is 0 Å². The summed E-state index contributed by atoms with van der Waals surface area (Å²) in [5.74, 6) is 0. The highest BCUT2D eigenvalue weighted by molar-refractivity contribution is 5.98. The Morgan fingerprint density at radius 2 is 2.04 bits per heavy atom. The number of urea groups is 1. The Kier molecular flexibility index (Phi) is 3.18. The highest BCUT2D eigenvalue weighted by Crippen LogP contribution is 2.52. The third-order valence-electron chi connectivity index (χ3n) is 5.43. The van der Waals surface area contributed by atoms with Crippen molar-refractivity contribution in [1.82, 2.24) is 19.9 Å². The smallest absolute Gasteiger partial charge is 0.321 e. The van der Waals surface area contributed by atoms with Crippen LogP contribution in [-0.4, -0.2) is 38.5 Å². The van der Waals surface area contributed by atoms with Crippen LogP contribution in [0.15, 0.2) is 18.2 Å². The molecule has 2 bridgehead atoms. The lowest BCUT2D eigenvalue weighted by atomic mass is 9.65. The molecule has 0 radical (unpaired) electrons. The molecule has 4 rings (SSSR count). The molecule has 1 aromatic heterocycles. The van der Waals surface area contributed by atoms with E-state index in [1.54, 1.807) is 7.05 Å². The molecule has 2 unspecified atom stereocenters. The zero-order valence-electron chi connectivity index (χ0n) is 14.8. The molecular formula is C18H25N5O. The molecule has 1 saturated carbocycles. The number of benzene rings is 1. The van der Waals surface area contributed by atoms with Crippen LogP contribution in [0.25, 0.3) is 11.0 Å². The number of fused-ring (bicyclic) bond motifs is 3. The largest absolute Gasteiger partial charge is 0.322 e. The number of anilines is 1. The van der Waals surface area contributed by atoms with Crippen molar-refractivity contribution in [2.24, 2.45) is 17.9 Å². The molecule has 6 heteroatoms. The Morgan fingerprint density at radius 1 is 1.25 bits per heavy atom. The first-order valence-electron chi connectivity index (χ1n) is 8.62. The predicted octanol–water partition coefficient (Wildman–Crippen LogP) is 3.40. The molecule has 2 amide bonds. The second-order valence-electron chi connectivity index (χ2n) is 8.63. The standard InChI is InChI=1S/C18H25N5O/c1-17(2)8-12-9-18(3,10-17)11-23(12)16(24)19-13-6-5-7-14-15(13)21-22(4)20-14/h5-7,12H,8-11H2,1-4H3,(H,19,24). The van der Waals surface area contributed by atoms with E-state index >= 15 is 0 Å². The summed E-state index contributed by atoms with van der Waals surface area (Å²) >= 11 is 0. The summed E-state index contributed by atoms with van der Waals surface area (Å²) in [5, 5.41) is 11.7. The fourth-order valence-electron chi connectivity index (χ4n) is 5.03. The number of nitrogens with one attached hydrogen (secondary N) is 1. The summed E-state index contributed by atoms with van der Waals surface area (Å²) in [7, 11) is 1.79. The van der Waals surface area contributed by atoms with Crippen LogP contribution in [0.3, 0.4) is 0 Å². The van der Waals surface area contributed by atoms with Crippen LogP contribution in [0.4, 0.5) is 10.5 Å². The summed E-state index contributed by atoms with van der Waals surface area (Å²) in [6.07, 6.45) is 3.37. The Balaban J connectivity index is 1.58. The first-order chi connectivity index (χ1) is 11.2. The molecule has 2 aromatic rings. The van der Waals surface area contributed by atoms with Gasteiger partial charge >= 0.3 is 6.03 Å². The maximum atomic E-state index is 12.9. The first kappa shape index (κ1) is 15.4. The lowest BCUT2D eigenvalue weighted by Crippen LogP contribution is -2.40. The highest BCUT2D eigenvalue weighted by Gasteiger charge is 2.51. The van der Waals surface area contributed by atoms with Crippen LogP contribution in [0.1, 0.15) is 40.0 Å². The maximum absolute atomic E-state index is 12.9. The predicted molar refractivity (Wildman–Crippen MR) is 93.8 cm³/mol. The van der Waals surface area contributed by atoms with Crippen molar-refractivity contribution >= 4 is 22.8 Å². The zero-order valence-corrected chi connectivity index (χ0v) is 14.8. The summed E-state index contributed by atoms with van der Waals surface area (Å²) < 4.78 is 0. The van der Waals surface area contributed by atoms with Crippen LogP contribution >= 0.6 is 0 Å². The van der Waals surface area contributed by atoms with Crippen molar-refractivity contribution in [2.75, 3.05) is 11.9 Å². The second-order valence-corrected chi connectivity index (χ2v) is 8.63. The quantitative estimate of drug-likeness (QED) is 0.873. The van der Waals surface area contributed by atoms with Gasteiger partial charge in [0, 0.05) is 19.6 Å². The van der Waals surface area contributed by atoms with Gasteiger partial charge in [0.25, 0.3) is 0 Å². The molecule has 2 heterocycles. The van der Waals surface area contributed by atoms with E-state index < -0.39 is 0 Å². The molecule has 2 aliphatic rings. The lowest BCUT2D eigenvalue weighted by Gasteiger charge is -2.39. The zero-order chi connectivity index (χ0) is 17.1. The van der Waals surface area contributed by atoms with Gasteiger partial charge in [-0.3, -0.25) is 0 Å². The van der Waals surface area contributed by atoms with Crippen LogP contribution in [0.5, 0.6) is 0 Å². The number of nitrogens with zero attached hydrogens (tertiary/aromatic N) is 4. The van der Waals surface area contributed by atoms with Gasteiger partial charge in [0.1, 0.15) is 11.0 Å². The number of likely N-dealkylation sites (tertiary alicyclic amines) is 1. The SMILES string of the molecule is Cn1nc2cccc(NC(=O)N3CC4(C)CC3CC(C)(C)C4)c2n1. The molecule has 24 heavy (non-hydrogen) atoms. The molecule has 2 atom stereocenters. The molecule has 1 N–H and O–H groups in total. The lowest BCUT2D eigenvalue weighted by molar-refractivity contribution is 0.130. The number of hydrogen-bond donors (Lipinski definition) is 1.